The van der Waals surface area contributed by atoms with E-state index >= 15 is 0 Å². The number of hydrogen-bond acceptors (Lipinski definition) is 11. The van der Waals surface area contributed by atoms with E-state index in [1.807, 2.05) is 54.6 Å². The highest BCUT2D eigenvalue weighted by Gasteiger charge is 2.24. The standard InChI is InChI=1S/C22H25FN2O.C20H23FN4O.C15H10FNO2.C7H17N.2CH4O.3CH4.ClH/c1-3-4-5-15(2)14-24-22(26)21-13-18-7-6-17(12-20(18)25-21)16-8-10-19(23)11-9-16;21-16-7-5-13(6-8-16)14-3-4-15-11-19(25-18(15)10-14)20(26)24-12-17(23)2-1-9-22;16-12-5-3-9(4-6-12)10-1-2-11-8-14(15(18)19)17-13(11)7-10;1-3-4-5-7(2)6-8;2*1-2;;;;/h6-12,15H,3-5,13-14H2,1-2H3,(H,24,26);3-8,10,17H,1-2,9,11-12,22-23H2,(H,24,26);1-7H,8H2,(H,18,19);7H,3-6,8H2,1-2H3;2*2H,1H3;3*1H4;1H/t15-;17-;;7-;;;;;;/m00.0....../s1. The first-order valence-corrected chi connectivity index (χ1v) is 28.3. The zero-order valence-corrected chi connectivity index (χ0v) is 50.0. The number of benzene rings is 6. The van der Waals surface area contributed by atoms with Gasteiger partial charge in [0.1, 0.15) is 34.6 Å². The molecule has 2 amide bonds. The van der Waals surface area contributed by atoms with Gasteiger partial charge in [0, 0.05) is 52.6 Å². The number of carbonyl (C=O) groups is 3. The van der Waals surface area contributed by atoms with Gasteiger partial charge in [0.25, 0.3) is 11.8 Å². The summed E-state index contributed by atoms with van der Waals surface area (Å²) in [7, 11) is 2.00. The molecule has 87 heavy (non-hydrogen) atoms. The Morgan fingerprint density at radius 2 is 0.816 bits per heavy atom. The van der Waals surface area contributed by atoms with Crippen LogP contribution in [0.15, 0.2) is 142 Å². The molecule has 6 aromatic rings. The molecule has 6 aromatic carbocycles. The van der Waals surface area contributed by atoms with Crippen LogP contribution in [-0.4, -0.2) is 96.7 Å². The van der Waals surface area contributed by atoms with Crippen LogP contribution in [0, 0.1) is 29.3 Å². The first kappa shape index (κ1) is 79.6. The lowest BCUT2D eigenvalue weighted by Gasteiger charge is -2.11. The van der Waals surface area contributed by atoms with Crippen LogP contribution in [0.25, 0.3) is 33.4 Å². The summed E-state index contributed by atoms with van der Waals surface area (Å²) in [5, 5.41) is 28.8. The van der Waals surface area contributed by atoms with Crippen molar-refractivity contribution in [2.24, 2.45) is 44.0 Å². The molecule has 476 valence electrons. The number of unbranched alkanes of at least 4 members (excludes halogenated alkanes) is 2. The highest BCUT2D eigenvalue weighted by molar-refractivity contribution is 6.41. The predicted octanol–water partition coefficient (Wildman–Crippen LogP) is 13.9. The molecule has 3 aliphatic rings. The maximum absolute atomic E-state index is 13.1. The van der Waals surface area contributed by atoms with E-state index in [2.05, 4.69) is 53.3 Å². The van der Waals surface area contributed by atoms with Crippen molar-refractivity contribution in [3.63, 3.8) is 0 Å². The van der Waals surface area contributed by atoms with E-state index in [-0.39, 0.29) is 75.7 Å². The van der Waals surface area contributed by atoms with Gasteiger partial charge in [0.2, 0.25) is 0 Å². The van der Waals surface area contributed by atoms with Crippen LogP contribution >= 0.6 is 12.4 Å². The van der Waals surface area contributed by atoms with E-state index in [1.54, 1.807) is 36.4 Å². The van der Waals surface area contributed by atoms with Gasteiger partial charge >= 0.3 is 5.97 Å². The van der Waals surface area contributed by atoms with Crippen molar-refractivity contribution in [1.29, 1.82) is 0 Å². The van der Waals surface area contributed by atoms with Gasteiger partial charge in [0.05, 0.1) is 17.1 Å². The van der Waals surface area contributed by atoms with Crippen molar-refractivity contribution in [2.75, 3.05) is 40.4 Å². The fraction of sp³-hybridized carbons (Fsp3) is 0.391. The second-order valence-corrected chi connectivity index (χ2v) is 20.4. The maximum atomic E-state index is 13.1. The van der Waals surface area contributed by atoms with E-state index in [1.165, 1.54) is 68.5 Å². The highest BCUT2D eigenvalue weighted by atomic mass is 35.5. The average Bonchev–Trinajstić information content (AvgIpc) is 2.43. The Morgan fingerprint density at radius 3 is 1.15 bits per heavy atom. The van der Waals surface area contributed by atoms with Gasteiger partial charge in [-0.05, 0) is 155 Å². The minimum atomic E-state index is -0.987. The monoisotopic (exact) mass is 1220 g/mol. The van der Waals surface area contributed by atoms with Gasteiger partial charge < -0.3 is 43.2 Å². The third-order valence-corrected chi connectivity index (χ3v) is 13.8. The van der Waals surface area contributed by atoms with Crippen LogP contribution in [0.2, 0.25) is 0 Å². The number of rotatable bonds is 20. The normalized spacial score (nSPS) is 12.6. The Kier molecular flexibility index (Phi) is 38.9. The van der Waals surface area contributed by atoms with Crippen molar-refractivity contribution in [3.05, 3.63) is 162 Å². The molecule has 11 N–H and O–H groups in total. The third kappa shape index (κ3) is 25.9. The molecule has 0 aromatic heterocycles. The molecular formula is C69H96ClF3N8O6. The predicted molar refractivity (Wildman–Crippen MR) is 358 cm³/mol. The SMILES string of the molecule is C.C.C.CCCC[C@H](C)CN.CCCC[C@H](C)CNC(=O)C1=Nc2cc(-c3ccc(F)cc3)ccc2C1.CO.CO.Cl.NCCC[C@H](N)CNC(=O)C1=Nc2cc(-c3ccc(F)cc3)ccc2C1.O=C(O)C1=Nc2cc(-c3ccc(F)cc3)ccc2C1. The second kappa shape index (κ2) is 42.5. The number of hydrogen-bond donors (Lipinski definition) is 8. The number of carboxylic acid groups (broad SMARTS) is 1. The minimum absolute atomic E-state index is 0. The molecule has 0 spiro atoms. The lowest BCUT2D eigenvalue weighted by Crippen LogP contribution is -2.40. The first-order valence-electron chi connectivity index (χ1n) is 28.3. The molecule has 9 rings (SSSR count). The number of fused-ring (bicyclic) bond motifs is 3. The van der Waals surface area contributed by atoms with E-state index in [9.17, 15) is 27.6 Å². The topological polar surface area (TPSA) is 251 Å². The Balaban J connectivity index is 0.00000115. The first-order chi connectivity index (χ1) is 40.1. The number of aliphatic carboxylic acids is 1. The summed E-state index contributed by atoms with van der Waals surface area (Å²) in [5.74, 6) is -0.837. The van der Waals surface area contributed by atoms with Crippen LogP contribution in [0.1, 0.15) is 118 Å². The zero-order chi connectivity index (χ0) is 60.8. The van der Waals surface area contributed by atoms with Crippen molar-refractivity contribution >= 4 is 64.4 Å². The number of aliphatic imine (C=N–C) groups is 3. The van der Waals surface area contributed by atoms with E-state index in [0.717, 1.165) is 107 Å². The van der Waals surface area contributed by atoms with E-state index in [4.69, 9.17) is 32.5 Å². The van der Waals surface area contributed by atoms with Gasteiger partial charge in [-0.1, -0.05) is 148 Å². The lowest BCUT2D eigenvalue weighted by molar-refractivity contribution is -0.129. The van der Waals surface area contributed by atoms with Crippen molar-refractivity contribution in [2.45, 2.75) is 127 Å². The summed E-state index contributed by atoms with van der Waals surface area (Å²) in [6.45, 7) is 11.3. The van der Waals surface area contributed by atoms with Crippen molar-refractivity contribution in [1.82, 2.24) is 10.6 Å². The molecule has 0 unspecified atom stereocenters. The summed E-state index contributed by atoms with van der Waals surface area (Å²) in [4.78, 5) is 48.7. The van der Waals surface area contributed by atoms with Crippen LogP contribution in [0.5, 0.6) is 0 Å². The fourth-order valence-corrected chi connectivity index (χ4v) is 8.90. The quantitative estimate of drug-likeness (QED) is 0.0361. The molecule has 0 radical (unpaired) electrons. The molecule has 18 heteroatoms. The molecule has 0 saturated carbocycles. The van der Waals surface area contributed by atoms with Crippen molar-refractivity contribution in [3.8, 4) is 33.4 Å². The van der Waals surface area contributed by atoms with Crippen LogP contribution in [-0.2, 0) is 33.6 Å². The molecule has 0 bridgehead atoms. The molecule has 0 saturated heterocycles. The summed E-state index contributed by atoms with van der Waals surface area (Å²) in [6, 6.07) is 36.2. The molecule has 0 fully saturated rings. The molecule has 14 nitrogen and oxygen atoms in total. The number of nitrogens with zero attached hydrogens (tertiary/aromatic N) is 3. The number of nitrogens with one attached hydrogen (secondary N) is 2. The van der Waals surface area contributed by atoms with Gasteiger partial charge in [0.15, 0.2) is 0 Å². The maximum Gasteiger partial charge on any atom is 0.350 e. The largest absolute Gasteiger partial charge is 0.477 e. The average molecular weight is 1230 g/mol. The molecule has 3 aliphatic heterocycles. The number of aliphatic hydroxyl groups excluding tert-OH is 2. The minimum Gasteiger partial charge on any atom is -0.477 e. The molecular weight excluding hydrogens is 1130 g/mol. The number of nitrogens with two attached hydrogens (primary N) is 3. The Bertz CT molecular complexity index is 2970. The number of carboxylic acids is 1. The summed E-state index contributed by atoms with van der Waals surface area (Å²) >= 11 is 0. The summed E-state index contributed by atoms with van der Waals surface area (Å²) < 4.78 is 39.0. The Labute approximate surface area is 521 Å². The number of amides is 2. The number of halogens is 4. The van der Waals surface area contributed by atoms with Gasteiger partial charge in [-0.2, -0.15) is 0 Å². The second-order valence-electron chi connectivity index (χ2n) is 20.4. The van der Waals surface area contributed by atoms with E-state index < -0.39 is 5.97 Å². The fourth-order valence-electron chi connectivity index (χ4n) is 8.90. The molecule has 3 heterocycles. The van der Waals surface area contributed by atoms with Crippen LogP contribution in [0.4, 0.5) is 30.2 Å². The Hall–Kier alpha value is -7.38. The van der Waals surface area contributed by atoms with E-state index in [0.29, 0.717) is 61.9 Å². The van der Waals surface area contributed by atoms with Crippen LogP contribution in [0.3, 0.4) is 0 Å². The number of aliphatic hydroxyl groups is 2. The highest BCUT2D eigenvalue weighted by Crippen LogP contribution is 2.35. The third-order valence-electron chi connectivity index (χ3n) is 13.8. The van der Waals surface area contributed by atoms with Gasteiger partial charge in [-0.25, -0.2) is 32.9 Å². The van der Waals surface area contributed by atoms with Crippen molar-refractivity contribution < 1.29 is 42.9 Å². The number of carbonyl (C=O) groups excluding carboxylic acids is 2. The summed E-state index contributed by atoms with van der Waals surface area (Å²) in [5.41, 5.74) is 28.8. The lowest BCUT2D eigenvalue weighted by atomic mass is 10.0. The summed E-state index contributed by atoms with van der Waals surface area (Å²) in [6.07, 6.45) is 10.5. The Morgan fingerprint density at radius 1 is 0.494 bits per heavy atom. The van der Waals surface area contributed by atoms with Gasteiger partial charge in [-0.3, -0.25) is 9.59 Å². The molecule has 0 aliphatic carbocycles. The van der Waals surface area contributed by atoms with Crippen LogP contribution < -0.4 is 27.8 Å². The zero-order valence-electron chi connectivity index (χ0n) is 49.1. The molecule has 3 atom stereocenters. The van der Waals surface area contributed by atoms with Gasteiger partial charge in [-0.15, -0.1) is 12.4 Å². The smallest absolute Gasteiger partial charge is 0.350 e.